The Kier molecular flexibility index (Phi) is 6.51. The number of hydrogen-bond acceptors (Lipinski definition) is 5. The van der Waals surface area contributed by atoms with Gasteiger partial charge < -0.3 is 15.2 Å². The summed E-state index contributed by atoms with van der Waals surface area (Å²) in [6.07, 6.45) is 2.65. The van der Waals surface area contributed by atoms with E-state index >= 15 is 0 Å². The maximum absolute atomic E-state index is 12.8. The zero-order valence-corrected chi connectivity index (χ0v) is 17.6. The van der Waals surface area contributed by atoms with Crippen LogP contribution in [0.3, 0.4) is 0 Å². The molecule has 1 aromatic carbocycles. The predicted molar refractivity (Wildman–Crippen MR) is 111 cm³/mol. The molecule has 8 heteroatoms. The van der Waals surface area contributed by atoms with Crippen molar-refractivity contribution in [1.82, 2.24) is 0 Å². The van der Waals surface area contributed by atoms with E-state index in [0.717, 1.165) is 22.9 Å². The van der Waals surface area contributed by atoms with Gasteiger partial charge in [-0.3, -0.25) is 9.59 Å². The number of rotatable bonds is 5. The Morgan fingerprint density at radius 1 is 1.14 bits per heavy atom. The average Bonchev–Trinajstić information content (AvgIpc) is 3.11. The van der Waals surface area contributed by atoms with Gasteiger partial charge in [-0.05, 0) is 30.5 Å². The van der Waals surface area contributed by atoms with Gasteiger partial charge in [0.25, 0.3) is 0 Å². The number of amides is 1. The number of carbonyl (C=O) groups excluding carboxylic acids is 2. The lowest BCUT2D eigenvalue weighted by Gasteiger charge is -2.27. The molecule has 28 heavy (non-hydrogen) atoms. The monoisotopic (exact) mass is 465 g/mol. The van der Waals surface area contributed by atoms with Gasteiger partial charge in [-0.2, -0.15) is 0 Å². The van der Waals surface area contributed by atoms with Crippen molar-refractivity contribution in [2.75, 3.05) is 12.4 Å². The van der Waals surface area contributed by atoms with Crippen molar-refractivity contribution >= 4 is 50.1 Å². The minimum atomic E-state index is -0.949. The summed E-state index contributed by atoms with van der Waals surface area (Å²) in [4.78, 5) is 36.7. The number of anilines is 1. The lowest BCUT2D eigenvalue weighted by atomic mass is 9.79. The zero-order valence-electron chi connectivity index (χ0n) is 15.2. The van der Waals surface area contributed by atoms with Crippen LogP contribution >= 0.6 is 27.3 Å². The molecule has 0 saturated heterocycles. The quantitative estimate of drug-likeness (QED) is 0.618. The first-order valence-corrected chi connectivity index (χ1v) is 10.6. The van der Waals surface area contributed by atoms with Crippen LogP contribution in [0.25, 0.3) is 11.1 Å². The number of thiophene rings is 1. The molecule has 1 aliphatic rings. The molecular formula is C20H20BrNO5S. The number of aliphatic carboxylic acids is 1. The molecule has 3 rings (SSSR count). The number of methoxy groups -OCH3 is 1. The molecule has 1 amide bonds. The summed E-state index contributed by atoms with van der Waals surface area (Å²) in [5.41, 5.74) is 1.77. The van der Waals surface area contributed by atoms with E-state index in [1.54, 1.807) is 5.38 Å². The molecule has 2 N–H and O–H groups in total. The Hall–Kier alpha value is -2.19. The van der Waals surface area contributed by atoms with Crippen LogP contribution in [0.2, 0.25) is 0 Å². The number of hydrogen-bond donors (Lipinski definition) is 2. The van der Waals surface area contributed by atoms with Crippen LogP contribution in [0.4, 0.5) is 5.00 Å². The molecule has 0 spiro atoms. The van der Waals surface area contributed by atoms with Gasteiger partial charge in [-0.1, -0.05) is 40.9 Å². The summed E-state index contributed by atoms with van der Waals surface area (Å²) in [6.45, 7) is 0. The van der Waals surface area contributed by atoms with Crippen molar-refractivity contribution in [2.45, 2.75) is 25.7 Å². The number of nitrogens with one attached hydrogen (secondary N) is 1. The highest BCUT2D eigenvalue weighted by Gasteiger charge is 2.36. The van der Waals surface area contributed by atoms with Crippen LogP contribution in [0, 0.1) is 11.8 Å². The third-order valence-corrected chi connectivity index (χ3v) is 6.42. The van der Waals surface area contributed by atoms with Crippen molar-refractivity contribution in [3.8, 4) is 11.1 Å². The topological polar surface area (TPSA) is 92.7 Å². The van der Waals surface area contributed by atoms with Crippen LogP contribution < -0.4 is 5.32 Å². The largest absolute Gasteiger partial charge is 0.481 e. The fourth-order valence-corrected chi connectivity index (χ4v) is 4.77. The van der Waals surface area contributed by atoms with Crippen LogP contribution in [-0.2, 0) is 14.3 Å². The zero-order chi connectivity index (χ0) is 20.3. The first-order chi connectivity index (χ1) is 13.4. The highest BCUT2D eigenvalue weighted by Crippen LogP contribution is 2.38. The first kappa shape index (κ1) is 20.5. The van der Waals surface area contributed by atoms with Gasteiger partial charge in [0.2, 0.25) is 5.91 Å². The van der Waals surface area contributed by atoms with E-state index in [2.05, 4.69) is 21.2 Å². The standard InChI is InChI=1S/C20H20BrNO5S/c1-27-20(26)16-15(11-6-8-12(21)9-7-11)10-28-18(16)22-17(23)13-4-2-3-5-14(13)19(24)25/h6-10,13-14H,2-5H2,1H3,(H,22,23)(H,24,25). The van der Waals surface area contributed by atoms with Gasteiger partial charge in [0.1, 0.15) is 10.6 Å². The van der Waals surface area contributed by atoms with Crippen molar-refractivity contribution in [3.05, 3.63) is 39.7 Å². The summed E-state index contributed by atoms with van der Waals surface area (Å²) < 4.78 is 5.83. The third kappa shape index (κ3) is 4.28. The lowest BCUT2D eigenvalue weighted by molar-refractivity contribution is -0.147. The Morgan fingerprint density at radius 3 is 2.39 bits per heavy atom. The SMILES string of the molecule is COC(=O)c1c(-c2ccc(Br)cc2)csc1NC(=O)C1CCCCC1C(=O)O. The summed E-state index contributed by atoms with van der Waals surface area (Å²) >= 11 is 4.61. The fourth-order valence-electron chi connectivity index (χ4n) is 3.54. The van der Waals surface area contributed by atoms with Gasteiger partial charge >= 0.3 is 11.9 Å². The normalized spacial score (nSPS) is 19.1. The minimum Gasteiger partial charge on any atom is -0.481 e. The van der Waals surface area contributed by atoms with Crippen molar-refractivity contribution < 1.29 is 24.2 Å². The Balaban J connectivity index is 1.91. The summed E-state index contributed by atoms with van der Waals surface area (Å²) in [6, 6.07) is 7.47. The van der Waals surface area contributed by atoms with E-state index in [1.165, 1.54) is 18.4 Å². The molecule has 0 radical (unpaired) electrons. The van der Waals surface area contributed by atoms with E-state index in [0.29, 0.717) is 23.4 Å². The summed E-state index contributed by atoms with van der Waals surface area (Å²) in [7, 11) is 1.29. The number of halogens is 1. The third-order valence-electron chi connectivity index (χ3n) is 4.99. The van der Waals surface area contributed by atoms with Crippen LogP contribution in [0.1, 0.15) is 36.0 Å². The Morgan fingerprint density at radius 2 is 1.79 bits per heavy atom. The predicted octanol–water partition coefficient (Wildman–Crippen LogP) is 4.79. The van der Waals surface area contributed by atoms with Gasteiger partial charge in [0, 0.05) is 15.4 Å². The smallest absolute Gasteiger partial charge is 0.341 e. The fraction of sp³-hybridized carbons (Fsp3) is 0.350. The highest BCUT2D eigenvalue weighted by atomic mass is 79.9. The number of carboxylic acids is 1. The van der Waals surface area contributed by atoms with Gasteiger partial charge in [-0.25, -0.2) is 4.79 Å². The van der Waals surface area contributed by atoms with Crippen LogP contribution in [0.15, 0.2) is 34.1 Å². The number of ether oxygens (including phenoxy) is 1. The van der Waals surface area contributed by atoms with Gasteiger partial charge in [-0.15, -0.1) is 11.3 Å². The molecule has 2 aromatic rings. The van der Waals surface area contributed by atoms with E-state index in [4.69, 9.17) is 4.74 Å². The van der Waals surface area contributed by atoms with Crippen LogP contribution in [-0.4, -0.2) is 30.1 Å². The van der Waals surface area contributed by atoms with Crippen molar-refractivity contribution in [3.63, 3.8) is 0 Å². The maximum atomic E-state index is 12.8. The Bertz CT molecular complexity index is 893. The molecule has 1 aromatic heterocycles. The van der Waals surface area contributed by atoms with Crippen molar-refractivity contribution in [1.29, 1.82) is 0 Å². The maximum Gasteiger partial charge on any atom is 0.341 e. The average molecular weight is 466 g/mol. The molecule has 0 bridgehead atoms. The number of carbonyl (C=O) groups is 3. The second kappa shape index (κ2) is 8.87. The highest BCUT2D eigenvalue weighted by molar-refractivity contribution is 9.10. The van der Waals surface area contributed by atoms with E-state index in [9.17, 15) is 19.5 Å². The second-order valence-electron chi connectivity index (χ2n) is 6.68. The first-order valence-electron chi connectivity index (χ1n) is 8.91. The lowest BCUT2D eigenvalue weighted by Crippen LogP contribution is -2.36. The Labute approximate surface area is 175 Å². The van der Waals surface area contributed by atoms with Crippen molar-refractivity contribution in [2.24, 2.45) is 11.8 Å². The van der Waals surface area contributed by atoms with E-state index < -0.39 is 23.8 Å². The van der Waals surface area contributed by atoms with E-state index in [1.807, 2.05) is 24.3 Å². The molecule has 148 valence electrons. The molecule has 1 aliphatic carbocycles. The number of esters is 1. The molecule has 1 saturated carbocycles. The molecule has 1 heterocycles. The summed E-state index contributed by atoms with van der Waals surface area (Å²) in [5, 5.41) is 14.4. The molecule has 1 fully saturated rings. The van der Waals surface area contributed by atoms with Gasteiger partial charge in [0.05, 0.1) is 18.9 Å². The second-order valence-corrected chi connectivity index (χ2v) is 8.47. The number of carboxylic acid groups (broad SMARTS) is 1. The molecular weight excluding hydrogens is 446 g/mol. The minimum absolute atomic E-state index is 0.283. The molecule has 0 aliphatic heterocycles. The molecule has 6 nitrogen and oxygen atoms in total. The molecule has 2 atom stereocenters. The van der Waals surface area contributed by atoms with E-state index in [-0.39, 0.29) is 11.5 Å². The summed E-state index contributed by atoms with van der Waals surface area (Å²) in [5.74, 6) is -3.15. The molecule has 2 unspecified atom stereocenters. The van der Waals surface area contributed by atoms with Crippen LogP contribution in [0.5, 0.6) is 0 Å². The number of benzene rings is 1. The van der Waals surface area contributed by atoms with Gasteiger partial charge in [0.15, 0.2) is 0 Å².